The summed E-state index contributed by atoms with van der Waals surface area (Å²) in [7, 11) is 0. The highest BCUT2D eigenvalue weighted by molar-refractivity contribution is 5.91. The van der Waals surface area contributed by atoms with E-state index in [1.807, 2.05) is 6.92 Å². The molecule has 3 rings (SSSR count). The molecule has 3 heterocycles. The topological polar surface area (TPSA) is 70.4 Å². The Balaban J connectivity index is 1.41. The number of nitrogens with zero attached hydrogens (tertiary/aromatic N) is 2. The van der Waals surface area contributed by atoms with Gasteiger partial charge in [0.05, 0.1) is 0 Å². The Kier molecular flexibility index (Phi) is 5.10. The van der Waals surface area contributed by atoms with Crippen LogP contribution in [-0.2, 0) is 4.79 Å². The molecule has 0 bridgehead atoms. The highest BCUT2D eigenvalue weighted by Crippen LogP contribution is 2.22. The highest BCUT2D eigenvalue weighted by Gasteiger charge is 2.27. The van der Waals surface area contributed by atoms with Gasteiger partial charge in [-0.25, -0.2) is 0 Å². The van der Waals surface area contributed by atoms with Crippen molar-refractivity contribution < 1.29 is 9.32 Å². The molecule has 0 unspecified atom stereocenters. The molecular formula is C16H26N4O2. The number of nitrogens with one attached hydrogen (secondary N) is 2. The van der Waals surface area contributed by atoms with Gasteiger partial charge in [-0.3, -0.25) is 4.79 Å². The van der Waals surface area contributed by atoms with Crippen LogP contribution in [-0.4, -0.2) is 48.7 Å². The van der Waals surface area contributed by atoms with Crippen LogP contribution in [0.4, 0.5) is 5.82 Å². The van der Waals surface area contributed by atoms with Crippen LogP contribution in [0.5, 0.6) is 0 Å². The third-order valence-corrected chi connectivity index (χ3v) is 4.81. The summed E-state index contributed by atoms with van der Waals surface area (Å²) < 4.78 is 4.98. The minimum atomic E-state index is 0.0785. The number of hydrogen-bond donors (Lipinski definition) is 2. The number of piperidine rings is 2. The van der Waals surface area contributed by atoms with Gasteiger partial charge in [-0.2, -0.15) is 0 Å². The van der Waals surface area contributed by atoms with Crippen molar-refractivity contribution in [3.05, 3.63) is 11.8 Å². The molecule has 6 heteroatoms. The van der Waals surface area contributed by atoms with Crippen LogP contribution in [0.15, 0.2) is 10.6 Å². The Morgan fingerprint density at radius 1 is 1.36 bits per heavy atom. The maximum atomic E-state index is 12.3. The first kappa shape index (κ1) is 15.5. The first-order chi connectivity index (χ1) is 10.7. The Morgan fingerprint density at radius 2 is 2.09 bits per heavy atom. The Hall–Kier alpha value is -1.40. The lowest BCUT2D eigenvalue weighted by atomic mass is 9.93. The first-order valence-corrected chi connectivity index (χ1v) is 8.38. The Bertz CT molecular complexity index is 488. The lowest BCUT2D eigenvalue weighted by Gasteiger charge is -2.34. The molecule has 0 aliphatic carbocycles. The number of aryl methyl sites for hydroxylation is 1. The van der Waals surface area contributed by atoms with Crippen LogP contribution in [0.1, 0.15) is 31.4 Å². The summed E-state index contributed by atoms with van der Waals surface area (Å²) in [6, 6.07) is 1.75. The molecule has 6 nitrogen and oxygen atoms in total. The van der Waals surface area contributed by atoms with Crippen molar-refractivity contribution in [2.24, 2.45) is 11.8 Å². The van der Waals surface area contributed by atoms with E-state index in [2.05, 4.69) is 20.7 Å². The normalized spacial score (nSPS) is 21.9. The number of aromatic nitrogens is 1. The van der Waals surface area contributed by atoms with E-state index in [1.54, 1.807) is 6.07 Å². The van der Waals surface area contributed by atoms with Crippen molar-refractivity contribution in [1.29, 1.82) is 0 Å². The van der Waals surface area contributed by atoms with Crippen molar-refractivity contribution in [1.82, 2.24) is 15.4 Å². The van der Waals surface area contributed by atoms with E-state index in [9.17, 15) is 4.79 Å². The van der Waals surface area contributed by atoms with Gasteiger partial charge < -0.3 is 20.1 Å². The second-order valence-electron chi connectivity index (χ2n) is 6.58. The van der Waals surface area contributed by atoms with Crippen molar-refractivity contribution in [2.45, 2.75) is 32.6 Å². The predicted octanol–water partition coefficient (Wildman–Crippen LogP) is 1.63. The van der Waals surface area contributed by atoms with Crippen LogP contribution < -0.4 is 10.6 Å². The van der Waals surface area contributed by atoms with Crippen molar-refractivity contribution >= 4 is 11.7 Å². The molecule has 2 aliphatic heterocycles. The summed E-state index contributed by atoms with van der Waals surface area (Å²) in [6.07, 6.45) is 4.44. The van der Waals surface area contributed by atoms with Gasteiger partial charge in [-0.1, -0.05) is 5.16 Å². The van der Waals surface area contributed by atoms with Gasteiger partial charge in [0.25, 0.3) is 0 Å². The predicted molar refractivity (Wildman–Crippen MR) is 84.6 cm³/mol. The lowest BCUT2D eigenvalue weighted by Crippen LogP contribution is -2.42. The van der Waals surface area contributed by atoms with Crippen molar-refractivity contribution in [2.75, 3.05) is 38.0 Å². The fourth-order valence-electron chi connectivity index (χ4n) is 3.46. The van der Waals surface area contributed by atoms with Crippen LogP contribution in [0, 0.1) is 18.8 Å². The van der Waals surface area contributed by atoms with Gasteiger partial charge in [0, 0.05) is 18.5 Å². The molecule has 1 aromatic rings. The van der Waals surface area contributed by atoms with Crippen molar-refractivity contribution in [3.63, 3.8) is 0 Å². The fraction of sp³-hybridized carbons (Fsp3) is 0.750. The molecule has 0 saturated carbocycles. The van der Waals surface area contributed by atoms with E-state index in [4.69, 9.17) is 4.52 Å². The van der Waals surface area contributed by atoms with E-state index in [0.29, 0.717) is 11.6 Å². The molecule has 2 fully saturated rings. The average Bonchev–Trinajstić information content (AvgIpc) is 2.94. The van der Waals surface area contributed by atoms with Gasteiger partial charge in [0.1, 0.15) is 5.76 Å². The number of anilines is 1. The van der Waals surface area contributed by atoms with Gasteiger partial charge in [-0.15, -0.1) is 0 Å². The summed E-state index contributed by atoms with van der Waals surface area (Å²) in [5, 5.41) is 10.1. The lowest BCUT2D eigenvalue weighted by molar-refractivity contribution is -0.121. The maximum Gasteiger partial charge on any atom is 0.228 e. The molecule has 0 radical (unpaired) electrons. The van der Waals surface area contributed by atoms with E-state index in [-0.39, 0.29) is 11.8 Å². The number of hydrogen-bond acceptors (Lipinski definition) is 5. The Morgan fingerprint density at radius 3 is 2.73 bits per heavy atom. The van der Waals surface area contributed by atoms with Crippen LogP contribution >= 0.6 is 0 Å². The second kappa shape index (κ2) is 7.24. The zero-order chi connectivity index (χ0) is 15.4. The molecule has 0 aromatic carbocycles. The third-order valence-electron chi connectivity index (χ3n) is 4.81. The fourth-order valence-corrected chi connectivity index (χ4v) is 3.46. The molecular weight excluding hydrogens is 280 g/mol. The summed E-state index contributed by atoms with van der Waals surface area (Å²) in [4.78, 5) is 14.8. The van der Waals surface area contributed by atoms with Gasteiger partial charge in [0.15, 0.2) is 5.82 Å². The zero-order valence-electron chi connectivity index (χ0n) is 13.3. The van der Waals surface area contributed by atoms with Gasteiger partial charge >= 0.3 is 0 Å². The Labute approximate surface area is 131 Å². The molecule has 22 heavy (non-hydrogen) atoms. The first-order valence-electron chi connectivity index (χ1n) is 8.38. The number of likely N-dealkylation sites (tertiary alicyclic amines) is 1. The summed E-state index contributed by atoms with van der Waals surface area (Å²) in [6.45, 7) is 7.38. The number of rotatable bonds is 4. The summed E-state index contributed by atoms with van der Waals surface area (Å²) >= 11 is 0. The molecule has 0 atom stereocenters. The molecule has 0 spiro atoms. The zero-order valence-corrected chi connectivity index (χ0v) is 13.3. The average molecular weight is 306 g/mol. The summed E-state index contributed by atoms with van der Waals surface area (Å²) in [5.74, 6) is 2.24. The molecule has 1 aromatic heterocycles. The van der Waals surface area contributed by atoms with Gasteiger partial charge in [0.2, 0.25) is 5.91 Å². The van der Waals surface area contributed by atoms with E-state index in [1.165, 1.54) is 19.4 Å². The third kappa shape index (κ3) is 4.08. The van der Waals surface area contributed by atoms with Gasteiger partial charge in [-0.05, 0) is 64.7 Å². The van der Waals surface area contributed by atoms with Crippen molar-refractivity contribution in [3.8, 4) is 0 Å². The maximum absolute atomic E-state index is 12.3. The highest BCUT2D eigenvalue weighted by atomic mass is 16.5. The van der Waals surface area contributed by atoms with Crippen LogP contribution in [0.2, 0.25) is 0 Å². The number of carbonyl (C=O) groups excluding carboxylic acids is 1. The molecule has 2 aliphatic rings. The van der Waals surface area contributed by atoms with Crippen LogP contribution in [0.25, 0.3) is 0 Å². The van der Waals surface area contributed by atoms with E-state index in [0.717, 1.165) is 44.9 Å². The molecule has 2 saturated heterocycles. The monoisotopic (exact) mass is 306 g/mol. The number of amides is 1. The number of carbonyl (C=O) groups is 1. The van der Waals surface area contributed by atoms with Crippen LogP contribution in [0.3, 0.4) is 0 Å². The minimum absolute atomic E-state index is 0.0785. The van der Waals surface area contributed by atoms with E-state index >= 15 is 0 Å². The largest absolute Gasteiger partial charge is 0.360 e. The SMILES string of the molecule is Cc1cc(NC(=O)C2CCN(CC3CCNCC3)CC2)no1. The van der Waals surface area contributed by atoms with E-state index < -0.39 is 0 Å². The molecule has 2 N–H and O–H groups in total. The molecule has 1 amide bonds. The standard InChI is InChI=1S/C16H26N4O2/c1-12-10-15(19-22-12)18-16(21)14-4-8-20(9-5-14)11-13-2-6-17-7-3-13/h10,13-14,17H,2-9,11H2,1H3,(H,18,19,21). The second-order valence-corrected chi connectivity index (χ2v) is 6.58. The quantitative estimate of drug-likeness (QED) is 0.885. The molecule has 122 valence electrons. The minimum Gasteiger partial charge on any atom is -0.360 e. The summed E-state index contributed by atoms with van der Waals surface area (Å²) in [5.41, 5.74) is 0. The smallest absolute Gasteiger partial charge is 0.228 e.